The molecule has 2 aromatic rings. The number of nitrogens with one attached hydrogen (secondary N) is 1. The van der Waals surface area contributed by atoms with Crippen LogP contribution in [0.15, 0.2) is 42.7 Å². The molecule has 1 aromatic carbocycles. The van der Waals surface area contributed by atoms with Crippen molar-refractivity contribution in [3.05, 3.63) is 48.3 Å². The fourth-order valence-electron chi connectivity index (χ4n) is 3.64. The van der Waals surface area contributed by atoms with Gasteiger partial charge in [0.25, 0.3) is 5.91 Å². The van der Waals surface area contributed by atoms with Crippen molar-refractivity contribution in [3.63, 3.8) is 0 Å². The van der Waals surface area contributed by atoms with Crippen molar-refractivity contribution in [2.24, 2.45) is 0 Å². The molecule has 2 saturated heterocycles. The maximum atomic E-state index is 12.9. The number of hydrogen-bond donors (Lipinski definition) is 1. The Hall–Kier alpha value is -2.18. The van der Waals surface area contributed by atoms with Gasteiger partial charge in [0.05, 0.1) is 36.5 Å². The minimum Gasteiger partial charge on any atom is -0.378 e. The molecule has 0 unspecified atom stereocenters. The Bertz CT molecular complexity index is 695. The lowest BCUT2D eigenvalue weighted by Gasteiger charge is -2.28. The largest absolute Gasteiger partial charge is 0.378 e. The second-order valence-electron chi connectivity index (χ2n) is 6.40. The minimum absolute atomic E-state index is 0.0428. The van der Waals surface area contributed by atoms with Crippen LogP contribution in [-0.2, 0) is 4.74 Å². The Morgan fingerprint density at radius 1 is 1.17 bits per heavy atom. The van der Waals surface area contributed by atoms with E-state index in [2.05, 4.69) is 15.3 Å². The van der Waals surface area contributed by atoms with Crippen molar-refractivity contribution in [1.29, 1.82) is 0 Å². The summed E-state index contributed by atoms with van der Waals surface area (Å²) >= 11 is 0. The zero-order valence-electron chi connectivity index (χ0n) is 13.6. The molecule has 3 heterocycles. The van der Waals surface area contributed by atoms with Crippen molar-refractivity contribution in [3.8, 4) is 5.69 Å². The number of rotatable bonds is 4. The molecule has 2 aliphatic heterocycles. The van der Waals surface area contributed by atoms with Crippen molar-refractivity contribution in [2.75, 3.05) is 26.3 Å². The lowest BCUT2D eigenvalue weighted by molar-refractivity contribution is 0.0916. The van der Waals surface area contributed by atoms with E-state index in [1.807, 2.05) is 36.5 Å². The molecule has 6 nitrogen and oxygen atoms in total. The number of benzene rings is 1. The first-order valence-corrected chi connectivity index (χ1v) is 8.54. The standard InChI is InChI=1S/C18H22N4O2/c23-18(14-6-1-2-7-16(14)22-11-5-8-19-22)20-15-12-24-13-17(15)21-9-3-4-10-21/h1-2,5-8,11,15,17H,3-4,9-10,12-13H2,(H,20,23)/t15-,17-/m1/s1. The first-order chi connectivity index (χ1) is 11.8. The molecule has 4 rings (SSSR count). The van der Waals surface area contributed by atoms with Gasteiger partial charge >= 0.3 is 0 Å². The zero-order valence-corrected chi connectivity index (χ0v) is 13.6. The summed E-state index contributed by atoms with van der Waals surface area (Å²) in [5.41, 5.74) is 1.42. The second kappa shape index (κ2) is 6.75. The molecule has 126 valence electrons. The summed E-state index contributed by atoms with van der Waals surface area (Å²) in [6.07, 6.45) is 6.03. The molecule has 2 fully saturated rings. The van der Waals surface area contributed by atoms with E-state index in [4.69, 9.17) is 4.74 Å². The summed E-state index contributed by atoms with van der Waals surface area (Å²) in [6, 6.07) is 9.72. The van der Waals surface area contributed by atoms with Gasteiger partial charge < -0.3 is 10.1 Å². The molecule has 0 spiro atoms. The van der Waals surface area contributed by atoms with E-state index >= 15 is 0 Å². The summed E-state index contributed by atoms with van der Waals surface area (Å²) in [5, 5.41) is 7.42. The molecule has 0 radical (unpaired) electrons. The summed E-state index contributed by atoms with van der Waals surface area (Å²) in [4.78, 5) is 15.3. The first-order valence-electron chi connectivity index (χ1n) is 8.54. The van der Waals surface area contributed by atoms with E-state index in [0.29, 0.717) is 18.8 Å². The maximum absolute atomic E-state index is 12.9. The summed E-state index contributed by atoms with van der Waals surface area (Å²) in [5.74, 6) is -0.0687. The third kappa shape index (κ3) is 2.95. The summed E-state index contributed by atoms with van der Waals surface area (Å²) in [6.45, 7) is 3.48. The molecular weight excluding hydrogens is 304 g/mol. The summed E-state index contributed by atoms with van der Waals surface area (Å²) < 4.78 is 7.37. The van der Waals surface area contributed by atoms with Crippen LogP contribution in [0, 0.1) is 0 Å². The maximum Gasteiger partial charge on any atom is 0.253 e. The molecule has 0 aliphatic carbocycles. The predicted octanol–water partition coefficient (Wildman–Crippen LogP) is 1.47. The van der Waals surface area contributed by atoms with Crippen molar-refractivity contribution >= 4 is 5.91 Å². The SMILES string of the molecule is O=C(N[C@@H]1COC[C@H]1N1CCCC1)c1ccccc1-n1cccn1. The van der Waals surface area contributed by atoms with Crippen LogP contribution in [0.3, 0.4) is 0 Å². The molecular formula is C18H22N4O2. The number of carbonyl (C=O) groups is 1. The number of nitrogens with zero attached hydrogens (tertiary/aromatic N) is 3. The van der Waals surface area contributed by atoms with E-state index in [0.717, 1.165) is 18.8 Å². The topological polar surface area (TPSA) is 59.4 Å². The highest BCUT2D eigenvalue weighted by Crippen LogP contribution is 2.20. The Balaban J connectivity index is 1.52. The average molecular weight is 326 g/mol. The summed E-state index contributed by atoms with van der Waals surface area (Å²) in [7, 11) is 0. The van der Waals surface area contributed by atoms with Crippen LogP contribution in [0.2, 0.25) is 0 Å². The molecule has 1 aromatic heterocycles. The number of para-hydroxylation sites is 1. The molecule has 2 atom stereocenters. The fraction of sp³-hybridized carbons (Fsp3) is 0.444. The third-order valence-corrected chi connectivity index (χ3v) is 4.88. The number of carbonyl (C=O) groups excluding carboxylic acids is 1. The number of amides is 1. The highest BCUT2D eigenvalue weighted by Gasteiger charge is 2.35. The van der Waals surface area contributed by atoms with Gasteiger partial charge in [-0.25, -0.2) is 4.68 Å². The van der Waals surface area contributed by atoms with Crippen LogP contribution in [0.4, 0.5) is 0 Å². The van der Waals surface area contributed by atoms with Gasteiger partial charge in [0.2, 0.25) is 0 Å². The fourth-order valence-corrected chi connectivity index (χ4v) is 3.64. The van der Waals surface area contributed by atoms with Crippen molar-refractivity contribution in [2.45, 2.75) is 24.9 Å². The van der Waals surface area contributed by atoms with Gasteiger partial charge in [0.1, 0.15) is 0 Å². The third-order valence-electron chi connectivity index (χ3n) is 4.88. The Labute approximate surface area is 141 Å². The lowest BCUT2D eigenvalue weighted by Crippen LogP contribution is -2.50. The van der Waals surface area contributed by atoms with Gasteiger partial charge in [-0.15, -0.1) is 0 Å². The molecule has 6 heteroatoms. The van der Waals surface area contributed by atoms with Crippen LogP contribution in [-0.4, -0.2) is 59.0 Å². The van der Waals surface area contributed by atoms with Crippen molar-refractivity contribution in [1.82, 2.24) is 20.0 Å². The first kappa shape index (κ1) is 15.4. The molecule has 1 amide bonds. The molecule has 24 heavy (non-hydrogen) atoms. The predicted molar refractivity (Wildman–Crippen MR) is 90.2 cm³/mol. The Morgan fingerprint density at radius 3 is 2.79 bits per heavy atom. The van der Waals surface area contributed by atoms with Crippen LogP contribution in [0.1, 0.15) is 23.2 Å². The Morgan fingerprint density at radius 2 is 2.00 bits per heavy atom. The van der Waals surface area contributed by atoms with Crippen LogP contribution >= 0.6 is 0 Å². The van der Waals surface area contributed by atoms with Crippen LogP contribution in [0.5, 0.6) is 0 Å². The molecule has 1 N–H and O–H groups in total. The molecule has 2 aliphatic rings. The average Bonchev–Trinajstić information content (AvgIpc) is 3.36. The van der Waals surface area contributed by atoms with Crippen molar-refractivity contribution < 1.29 is 9.53 Å². The van der Waals surface area contributed by atoms with Gasteiger partial charge in [-0.2, -0.15) is 5.10 Å². The quantitative estimate of drug-likeness (QED) is 0.924. The number of likely N-dealkylation sites (tertiary alicyclic amines) is 1. The van der Waals surface area contributed by atoms with Gasteiger partial charge in [-0.1, -0.05) is 12.1 Å². The van der Waals surface area contributed by atoms with Gasteiger partial charge in [0, 0.05) is 12.4 Å². The van der Waals surface area contributed by atoms with E-state index < -0.39 is 0 Å². The normalized spacial score (nSPS) is 24.3. The number of aromatic nitrogens is 2. The molecule has 0 saturated carbocycles. The second-order valence-corrected chi connectivity index (χ2v) is 6.40. The van der Waals surface area contributed by atoms with E-state index in [-0.39, 0.29) is 18.0 Å². The van der Waals surface area contributed by atoms with Gasteiger partial charge in [-0.05, 0) is 44.1 Å². The smallest absolute Gasteiger partial charge is 0.253 e. The van der Waals surface area contributed by atoms with E-state index in [1.54, 1.807) is 10.9 Å². The van der Waals surface area contributed by atoms with Gasteiger partial charge in [-0.3, -0.25) is 9.69 Å². The number of hydrogen-bond acceptors (Lipinski definition) is 4. The van der Waals surface area contributed by atoms with Crippen LogP contribution < -0.4 is 5.32 Å². The minimum atomic E-state index is -0.0687. The molecule has 0 bridgehead atoms. The lowest BCUT2D eigenvalue weighted by atomic mass is 10.1. The monoisotopic (exact) mass is 326 g/mol. The highest BCUT2D eigenvalue weighted by molar-refractivity contribution is 5.98. The number of ether oxygens (including phenoxy) is 1. The van der Waals surface area contributed by atoms with E-state index in [1.165, 1.54) is 12.8 Å². The van der Waals surface area contributed by atoms with Crippen LogP contribution in [0.25, 0.3) is 5.69 Å². The van der Waals surface area contributed by atoms with E-state index in [9.17, 15) is 4.79 Å². The highest BCUT2D eigenvalue weighted by atomic mass is 16.5. The zero-order chi connectivity index (χ0) is 16.4. The Kier molecular flexibility index (Phi) is 4.32. The van der Waals surface area contributed by atoms with Gasteiger partial charge in [0.15, 0.2) is 0 Å².